The molecule has 0 spiro atoms. The van der Waals surface area contributed by atoms with E-state index < -0.39 is 9.84 Å². The van der Waals surface area contributed by atoms with Crippen LogP contribution in [-0.2, 0) is 9.84 Å². The summed E-state index contributed by atoms with van der Waals surface area (Å²) in [5, 5.41) is 0. The molecule has 0 N–H and O–H groups in total. The van der Waals surface area contributed by atoms with Crippen LogP contribution in [0.25, 0.3) is 0 Å². The number of rotatable bonds is 0. The Balaban J connectivity index is 2.41. The monoisotopic (exact) mass is 203 g/mol. The summed E-state index contributed by atoms with van der Waals surface area (Å²) in [5.74, 6) is 0.752. The van der Waals surface area contributed by atoms with Crippen LogP contribution in [0.3, 0.4) is 0 Å². The zero-order valence-corrected chi connectivity index (χ0v) is 9.32. The van der Waals surface area contributed by atoms with Crippen LogP contribution in [0, 0.1) is 10.8 Å². The van der Waals surface area contributed by atoms with Gasteiger partial charge < -0.3 is 4.90 Å². The number of sulfone groups is 1. The molecule has 3 nitrogen and oxygen atoms in total. The molecule has 0 bridgehead atoms. The summed E-state index contributed by atoms with van der Waals surface area (Å²) in [4.78, 5) is 2.24. The molecule has 2 rings (SSSR count). The zero-order chi connectivity index (χ0) is 9.91. The van der Waals surface area contributed by atoms with Crippen molar-refractivity contribution in [2.75, 3.05) is 31.6 Å². The third kappa shape index (κ3) is 1.22. The molecule has 13 heavy (non-hydrogen) atoms. The molecule has 4 heteroatoms. The largest absolute Gasteiger partial charge is 0.305 e. The Bertz CT molecular complexity index is 312. The average Bonchev–Trinajstić information content (AvgIpc) is 2.04. The molecule has 2 aliphatic heterocycles. The molecule has 0 aromatic carbocycles. The normalized spacial score (nSPS) is 49.5. The summed E-state index contributed by atoms with van der Waals surface area (Å²) in [6.45, 7) is 6.06. The summed E-state index contributed by atoms with van der Waals surface area (Å²) in [6, 6.07) is 0. The van der Waals surface area contributed by atoms with Crippen LogP contribution in [0.2, 0.25) is 0 Å². The van der Waals surface area contributed by atoms with Crippen molar-refractivity contribution >= 4 is 9.84 Å². The van der Waals surface area contributed by atoms with Gasteiger partial charge in [0.15, 0.2) is 9.84 Å². The fourth-order valence-electron chi connectivity index (χ4n) is 3.09. The molecule has 2 aliphatic rings. The van der Waals surface area contributed by atoms with Crippen molar-refractivity contribution in [1.82, 2.24) is 4.90 Å². The quantitative estimate of drug-likeness (QED) is 0.571. The van der Waals surface area contributed by atoms with Crippen molar-refractivity contribution in [2.24, 2.45) is 10.8 Å². The minimum atomic E-state index is -2.77. The second-order valence-corrected chi connectivity index (χ2v) is 7.39. The van der Waals surface area contributed by atoms with Gasteiger partial charge in [0.05, 0.1) is 11.5 Å². The topological polar surface area (TPSA) is 37.4 Å². The van der Waals surface area contributed by atoms with Crippen LogP contribution < -0.4 is 0 Å². The van der Waals surface area contributed by atoms with E-state index in [1.165, 1.54) is 0 Å². The van der Waals surface area contributed by atoms with E-state index >= 15 is 0 Å². The van der Waals surface area contributed by atoms with Gasteiger partial charge in [-0.3, -0.25) is 0 Å². The highest BCUT2D eigenvalue weighted by Crippen LogP contribution is 2.52. The maximum Gasteiger partial charge on any atom is 0.151 e. The Labute approximate surface area is 80.0 Å². The smallest absolute Gasteiger partial charge is 0.151 e. The van der Waals surface area contributed by atoms with Gasteiger partial charge in [0.1, 0.15) is 0 Å². The first-order valence-corrected chi connectivity index (χ1v) is 6.48. The van der Waals surface area contributed by atoms with Gasteiger partial charge in [-0.1, -0.05) is 13.8 Å². The molecule has 2 atom stereocenters. The molecule has 2 unspecified atom stereocenters. The van der Waals surface area contributed by atoms with Crippen LogP contribution in [0.4, 0.5) is 0 Å². The van der Waals surface area contributed by atoms with Crippen LogP contribution in [0.1, 0.15) is 13.8 Å². The SMILES string of the molecule is CN1CC2(C)CS(=O)(=O)CC2(C)C1. The molecule has 76 valence electrons. The van der Waals surface area contributed by atoms with E-state index in [1.54, 1.807) is 0 Å². The first-order valence-electron chi connectivity index (χ1n) is 4.65. The number of likely N-dealkylation sites (tertiary alicyclic amines) is 1. The molecule has 0 amide bonds. The summed E-state index contributed by atoms with van der Waals surface area (Å²) >= 11 is 0. The summed E-state index contributed by atoms with van der Waals surface area (Å²) < 4.78 is 23.1. The minimum absolute atomic E-state index is 0.0133. The first-order chi connectivity index (χ1) is 5.77. The third-order valence-corrected chi connectivity index (χ3v) is 5.93. The van der Waals surface area contributed by atoms with Gasteiger partial charge in [-0.05, 0) is 7.05 Å². The van der Waals surface area contributed by atoms with Gasteiger partial charge in [0.25, 0.3) is 0 Å². The Hall–Kier alpha value is -0.0900. The van der Waals surface area contributed by atoms with Gasteiger partial charge in [-0.25, -0.2) is 8.42 Å². The molecule has 2 heterocycles. The van der Waals surface area contributed by atoms with Gasteiger partial charge in [0, 0.05) is 23.9 Å². The van der Waals surface area contributed by atoms with Gasteiger partial charge in [0.2, 0.25) is 0 Å². The van der Waals surface area contributed by atoms with Crippen molar-refractivity contribution in [3.63, 3.8) is 0 Å². The van der Waals surface area contributed by atoms with Crippen LogP contribution >= 0.6 is 0 Å². The number of nitrogens with zero attached hydrogens (tertiary/aromatic N) is 1. The Morgan fingerprint density at radius 1 is 1.08 bits per heavy atom. The maximum absolute atomic E-state index is 11.5. The van der Waals surface area contributed by atoms with Crippen molar-refractivity contribution in [2.45, 2.75) is 13.8 Å². The van der Waals surface area contributed by atoms with E-state index in [9.17, 15) is 8.42 Å². The molecule has 0 aromatic heterocycles. The van der Waals surface area contributed by atoms with Crippen molar-refractivity contribution < 1.29 is 8.42 Å². The average molecular weight is 203 g/mol. The van der Waals surface area contributed by atoms with E-state index in [0.29, 0.717) is 11.5 Å². The van der Waals surface area contributed by atoms with Gasteiger partial charge in [-0.15, -0.1) is 0 Å². The number of hydrogen-bond acceptors (Lipinski definition) is 3. The maximum atomic E-state index is 11.5. The highest BCUT2D eigenvalue weighted by Gasteiger charge is 2.59. The lowest BCUT2D eigenvalue weighted by Gasteiger charge is -2.30. The predicted molar refractivity (Wildman–Crippen MR) is 52.4 cm³/mol. The Morgan fingerprint density at radius 2 is 1.46 bits per heavy atom. The van der Waals surface area contributed by atoms with Crippen molar-refractivity contribution in [3.8, 4) is 0 Å². The van der Waals surface area contributed by atoms with Crippen LogP contribution in [0.5, 0.6) is 0 Å². The fraction of sp³-hybridized carbons (Fsp3) is 1.00. The molecule has 0 radical (unpaired) electrons. The molecule has 0 saturated carbocycles. The van der Waals surface area contributed by atoms with E-state index in [2.05, 4.69) is 25.8 Å². The van der Waals surface area contributed by atoms with Gasteiger partial charge in [-0.2, -0.15) is 0 Å². The van der Waals surface area contributed by atoms with E-state index in [1.807, 2.05) is 0 Å². The van der Waals surface area contributed by atoms with Crippen molar-refractivity contribution in [1.29, 1.82) is 0 Å². The third-order valence-electron chi connectivity index (χ3n) is 3.77. The van der Waals surface area contributed by atoms with E-state index in [4.69, 9.17) is 0 Å². The zero-order valence-electron chi connectivity index (χ0n) is 8.50. The van der Waals surface area contributed by atoms with E-state index in [-0.39, 0.29) is 10.8 Å². The summed E-state index contributed by atoms with van der Waals surface area (Å²) in [5.41, 5.74) is -0.0266. The van der Waals surface area contributed by atoms with Crippen LogP contribution in [0.15, 0.2) is 0 Å². The molecule has 0 aromatic rings. The number of fused-ring (bicyclic) bond motifs is 1. The fourth-order valence-corrected chi connectivity index (χ4v) is 6.01. The molecular weight excluding hydrogens is 186 g/mol. The number of hydrogen-bond donors (Lipinski definition) is 0. The standard InChI is InChI=1S/C9H17NO2S/c1-8-4-10(3)5-9(8,2)7-13(11,12)6-8/h4-7H2,1-3H3. The minimum Gasteiger partial charge on any atom is -0.305 e. The van der Waals surface area contributed by atoms with Crippen molar-refractivity contribution in [3.05, 3.63) is 0 Å². The summed E-state index contributed by atoms with van der Waals surface area (Å²) in [7, 11) is -0.702. The molecular formula is C9H17NO2S. The molecule has 2 fully saturated rings. The second kappa shape index (κ2) is 2.28. The van der Waals surface area contributed by atoms with E-state index in [0.717, 1.165) is 13.1 Å². The summed E-state index contributed by atoms with van der Waals surface area (Å²) in [6.07, 6.45) is 0. The highest BCUT2D eigenvalue weighted by molar-refractivity contribution is 7.91. The Kier molecular flexibility index (Phi) is 1.66. The lowest BCUT2D eigenvalue weighted by molar-refractivity contribution is 0.212. The van der Waals surface area contributed by atoms with Crippen LogP contribution in [-0.4, -0.2) is 45.0 Å². The first kappa shape index (κ1) is 9.46. The second-order valence-electron chi connectivity index (χ2n) is 5.33. The van der Waals surface area contributed by atoms with Gasteiger partial charge >= 0.3 is 0 Å². The lowest BCUT2D eigenvalue weighted by atomic mass is 9.71. The molecule has 0 aliphatic carbocycles. The lowest BCUT2D eigenvalue weighted by Crippen LogP contribution is -2.34. The molecule has 2 saturated heterocycles. The predicted octanol–water partition coefficient (Wildman–Crippen LogP) is 0.373. The Morgan fingerprint density at radius 3 is 1.85 bits per heavy atom. The highest BCUT2D eigenvalue weighted by atomic mass is 32.2.